The van der Waals surface area contributed by atoms with Crippen LogP contribution in [0.15, 0.2) is 34.6 Å². The predicted molar refractivity (Wildman–Crippen MR) is 108 cm³/mol. The van der Waals surface area contributed by atoms with E-state index >= 15 is 0 Å². The van der Waals surface area contributed by atoms with Gasteiger partial charge in [0.25, 0.3) is 0 Å². The molecule has 2 aromatic heterocycles. The molecule has 140 valence electrons. The van der Waals surface area contributed by atoms with Gasteiger partial charge >= 0.3 is 0 Å². The van der Waals surface area contributed by atoms with Crippen LogP contribution in [0.5, 0.6) is 0 Å². The van der Waals surface area contributed by atoms with Crippen molar-refractivity contribution in [2.75, 3.05) is 30.3 Å². The number of halogens is 1. The number of anilines is 2. The Morgan fingerprint density at radius 1 is 1.23 bits per heavy atom. The van der Waals surface area contributed by atoms with Crippen LogP contribution in [0.1, 0.15) is 26.7 Å². The molecule has 3 rings (SSSR count). The first kappa shape index (κ1) is 19.2. The summed E-state index contributed by atoms with van der Waals surface area (Å²) in [6, 6.07) is 1.82. The minimum atomic E-state index is 0.248. The third kappa shape index (κ3) is 3.89. The number of nitrogens with two attached hydrogens (primary N) is 2. The fraction of sp³-hybridized carbons (Fsp3) is 0.500. The van der Waals surface area contributed by atoms with Crippen LogP contribution in [0, 0.1) is 11.3 Å². The predicted octanol–water partition coefficient (Wildman–Crippen LogP) is 3.46. The smallest absolute Gasteiger partial charge is 0.147 e. The summed E-state index contributed by atoms with van der Waals surface area (Å²) in [5, 5.41) is 1.22. The Bertz CT molecular complexity index is 744. The van der Waals surface area contributed by atoms with Crippen molar-refractivity contribution in [3.05, 3.63) is 29.7 Å². The quantitative estimate of drug-likeness (QED) is 0.804. The highest BCUT2D eigenvalue weighted by molar-refractivity contribution is 7.99. The first-order valence-corrected chi connectivity index (χ1v) is 9.99. The fourth-order valence-electron chi connectivity index (χ4n) is 3.36. The number of nitrogen functional groups attached to an aromatic ring is 1. The lowest BCUT2D eigenvalue weighted by molar-refractivity contribution is 0.149. The molecule has 0 aromatic carbocycles. The van der Waals surface area contributed by atoms with E-state index in [-0.39, 0.29) is 5.41 Å². The SMILES string of the molecule is CC(C)C1(CN)CCN(c2cnc(Sc3ccnc(N)c3Cl)cn2)CC1. The summed E-state index contributed by atoms with van der Waals surface area (Å²) in [5.41, 5.74) is 12.1. The standard InChI is InChI=1S/C18H25ClN6S/c1-12(2)18(11-20)4-7-25(8-5-18)14-9-24-15(10-23-14)26-13-3-6-22-17(21)16(13)19/h3,6,9-10,12H,4-5,7-8,11,20H2,1-2H3,(H2,21,22). The van der Waals surface area contributed by atoms with Gasteiger partial charge in [-0.05, 0) is 36.8 Å². The van der Waals surface area contributed by atoms with E-state index in [9.17, 15) is 0 Å². The number of nitrogens with zero attached hydrogens (tertiary/aromatic N) is 4. The van der Waals surface area contributed by atoms with Crippen LogP contribution in [0.2, 0.25) is 5.02 Å². The van der Waals surface area contributed by atoms with E-state index in [1.54, 1.807) is 12.4 Å². The van der Waals surface area contributed by atoms with E-state index in [0.29, 0.717) is 16.8 Å². The van der Waals surface area contributed by atoms with Gasteiger partial charge in [0.15, 0.2) is 0 Å². The summed E-state index contributed by atoms with van der Waals surface area (Å²) in [7, 11) is 0. The number of hydrogen-bond acceptors (Lipinski definition) is 7. The maximum Gasteiger partial charge on any atom is 0.147 e. The zero-order valence-electron chi connectivity index (χ0n) is 15.2. The molecule has 0 unspecified atom stereocenters. The highest BCUT2D eigenvalue weighted by atomic mass is 35.5. The molecule has 3 heterocycles. The molecule has 0 radical (unpaired) electrons. The van der Waals surface area contributed by atoms with Gasteiger partial charge in [-0.1, -0.05) is 37.2 Å². The third-order valence-corrected chi connectivity index (χ3v) is 6.91. The largest absolute Gasteiger partial charge is 0.382 e. The number of rotatable bonds is 5. The van der Waals surface area contributed by atoms with E-state index < -0.39 is 0 Å². The van der Waals surface area contributed by atoms with Crippen LogP contribution in [0.3, 0.4) is 0 Å². The Labute approximate surface area is 163 Å². The zero-order valence-corrected chi connectivity index (χ0v) is 16.7. The number of piperidine rings is 1. The fourth-order valence-corrected chi connectivity index (χ4v) is 4.34. The number of aromatic nitrogens is 3. The maximum atomic E-state index is 6.19. The van der Waals surface area contributed by atoms with Crippen LogP contribution >= 0.6 is 23.4 Å². The summed E-state index contributed by atoms with van der Waals surface area (Å²) in [5.74, 6) is 1.82. The van der Waals surface area contributed by atoms with Crippen LogP contribution in [-0.2, 0) is 0 Å². The molecule has 1 fully saturated rings. The average Bonchev–Trinajstić information content (AvgIpc) is 2.66. The molecule has 6 nitrogen and oxygen atoms in total. The van der Waals surface area contributed by atoms with Crippen molar-refractivity contribution >= 4 is 35.0 Å². The van der Waals surface area contributed by atoms with Gasteiger partial charge in [-0.25, -0.2) is 15.0 Å². The molecule has 0 spiro atoms. The molecule has 2 aromatic rings. The van der Waals surface area contributed by atoms with Gasteiger partial charge in [-0.2, -0.15) is 0 Å². The molecular formula is C18H25ClN6S. The van der Waals surface area contributed by atoms with Crippen LogP contribution in [-0.4, -0.2) is 34.6 Å². The van der Waals surface area contributed by atoms with Gasteiger partial charge in [0.1, 0.15) is 16.7 Å². The van der Waals surface area contributed by atoms with E-state index in [1.807, 2.05) is 12.3 Å². The molecule has 0 aliphatic carbocycles. The Morgan fingerprint density at radius 3 is 2.54 bits per heavy atom. The molecule has 0 amide bonds. The minimum absolute atomic E-state index is 0.248. The second kappa shape index (κ2) is 7.98. The van der Waals surface area contributed by atoms with Crippen LogP contribution in [0.25, 0.3) is 0 Å². The summed E-state index contributed by atoms with van der Waals surface area (Å²) >= 11 is 7.62. The lowest BCUT2D eigenvalue weighted by Gasteiger charge is -2.44. The molecule has 8 heteroatoms. The van der Waals surface area contributed by atoms with Crippen LogP contribution < -0.4 is 16.4 Å². The summed E-state index contributed by atoms with van der Waals surface area (Å²) < 4.78 is 0. The summed E-state index contributed by atoms with van der Waals surface area (Å²) in [6.45, 7) is 7.21. The highest BCUT2D eigenvalue weighted by Crippen LogP contribution is 2.39. The molecule has 1 aliphatic rings. The van der Waals surface area contributed by atoms with Crippen molar-refractivity contribution in [2.24, 2.45) is 17.1 Å². The molecule has 4 N–H and O–H groups in total. The van der Waals surface area contributed by atoms with Crippen molar-refractivity contribution in [1.29, 1.82) is 0 Å². The molecule has 1 aliphatic heterocycles. The number of hydrogen-bond donors (Lipinski definition) is 2. The lowest BCUT2D eigenvalue weighted by Crippen LogP contribution is -2.47. The molecule has 0 bridgehead atoms. The van der Waals surface area contributed by atoms with E-state index in [1.165, 1.54) is 11.8 Å². The second-order valence-electron chi connectivity index (χ2n) is 7.03. The Hall–Kier alpha value is -1.57. The van der Waals surface area contributed by atoms with Crippen molar-refractivity contribution in [3.63, 3.8) is 0 Å². The Balaban J connectivity index is 1.66. The first-order chi connectivity index (χ1) is 12.4. The van der Waals surface area contributed by atoms with Gasteiger partial charge in [0.2, 0.25) is 0 Å². The van der Waals surface area contributed by atoms with Crippen molar-refractivity contribution < 1.29 is 0 Å². The monoisotopic (exact) mass is 392 g/mol. The average molecular weight is 393 g/mol. The first-order valence-electron chi connectivity index (χ1n) is 8.80. The van der Waals surface area contributed by atoms with Crippen molar-refractivity contribution in [2.45, 2.75) is 36.6 Å². The maximum absolute atomic E-state index is 6.19. The Kier molecular flexibility index (Phi) is 5.89. The Morgan fingerprint density at radius 2 is 1.96 bits per heavy atom. The minimum Gasteiger partial charge on any atom is -0.382 e. The van der Waals surface area contributed by atoms with Gasteiger partial charge in [-0.15, -0.1) is 0 Å². The summed E-state index contributed by atoms with van der Waals surface area (Å²) in [6.07, 6.45) is 7.42. The highest BCUT2D eigenvalue weighted by Gasteiger charge is 2.36. The van der Waals surface area contributed by atoms with Gasteiger partial charge in [0, 0.05) is 24.2 Å². The second-order valence-corrected chi connectivity index (χ2v) is 8.47. The topological polar surface area (TPSA) is 94.0 Å². The lowest BCUT2D eigenvalue weighted by atomic mass is 9.70. The van der Waals surface area contributed by atoms with Gasteiger partial charge in [-0.3, -0.25) is 0 Å². The van der Waals surface area contributed by atoms with Crippen molar-refractivity contribution in [1.82, 2.24) is 15.0 Å². The van der Waals surface area contributed by atoms with E-state index in [4.69, 9.17) is 23.1 Å². The van der Waals surface area contributed by atoms with E-state index in [2.05, 4.69) is 33.7 Å². The van der Waals surface area contributed by atoms with Crippen molar-refractivity contribution in [3.8, 4) is 0 Å². The molecule has 1 saturated heterocycles. The van der Waals surface area contributed by atoms with E-state index in [0.717, 1.165) is 48.2 Å². The van der Waals surface area contributed by atoms with Gasteiger partial charge < -0.3 is 16.4 Å². The normalized spacial score (nSPS) is 16.9. The summed E-state index contributed by atoms with van der Waals surface area (Å²) in [4.78, 5) is 16.2. The third-order valence-electron chi connectivity index (χ3n) is 5.42. The number of pyridine rings is 1. The van der Waals surface area contributed by atoms with Crippen LogP contribution in [0.4, 0.5) is 11.6 Å². The molecule has 26 heavy (non-hydrogen) atoms. The zero-order chi connectivity index (χ0) is 18.7. The molecule has 0 atom stereocenters. The molecular weight excluding hydrogens is 368 g/mol. The van der Waals surface area contributed by atoms with Gasteiger partial charge in [0.05, 0.1) is 17.4 Å². The molecule has 0 saturated carbocycles.